The molecular weight excluding hydrogens is 716 g/mol. The molecule has 0 aliphatic rings. The Morgan fingerprint density at radius 1 is 0.357 bits per heavy atom. The first-order chi connectivity index (χ1) is 20.2. The van der Waals surface area contributed by atoms with E-state index in [1.807, 2.05) is 0 Å². The maximum Gasteiger partial charge on any atom is 0.254 e. The van der Waals surface area contributed by atoms with E-state index in [0.717, 1.165) is 0 Å². The van der Waals surface area contributed by atoms with E-state index in [1.54, 1.807) is 0 Å². The molecule has 1 rings (SSSR count). The number of halogens is 8. The summed E-state index contributed by atoms with van der Waals surface area (Å²) in [5, 5.41) is 0. The van der Waals surface area contributed by atoms with Gasteiger partial charge in [0.2, 0.25) is 0 Å². The van der Waals surface area contributed by atoms with Crippen molar-refractivity contribution in [2.45, 2.75) is 0 Å². The fourth-order valence-corrected chi connectivity index (χ4v) is 5.70. The van der Waals surface area contributed by atoms with Crippen LogP contribution in [0.15, 0.2) is 12.1 Å². The number of hydrogen-bond donors (Lipinski definition) is 0. The molecule has 0 N–H and O–H groups in total. The summed E-state index contributed by atoms with van der Waals surface area (Å²) in [6.07, 6.45) is 0. The maximum absolute atomic E-state index is 13.9. The zero-order valence-corrected chi connectivity index (χ0v) is 29.0. The average Bonchev–Trinajstić information content (AvgIpc) is 2.98. The van der Waals surface area contributed by atoms with Crippen molar-refractivity contribution in [1.82, 2.24) is 19.6 Å². The third kappa shape index (κ3) is 11.4. The summed E-state index contributed by atoms with van der Waals surface area (Å²) in [6.45, 7) is 1.01. The first kappa shape index (κ1) is 39.4. The molecule has 4 amide bonds. The van der Waals surface area contributed by atoms with E-state index in [1.165, 1.54) is 31.7 Å². The molecule has 0 aliphatic carbocycles. The maximum atomic E-state index is 13.9. The van der Waals surface area contributed by atoms with Crippen LogP contribution in [0.5, 0.6) is 0 Å². The van der Waals surface area contributed by atoms with Gasteiger partial charge in [-0.15, -0.1) is 92.8 Å². The minimum atomic E-state index is -0.594. The van der Waals surface area contributed by atoms with Gasteiger partial charge in [0.15, 0.2) is 0 Å². The summed E-state index contributed by atoms with van der Waals surface area (Å²) in [4.78, 5) is 61.1. The third-order valence-electron chi connectivity index (χ3n) is 6.06. The van der Waals surface area contributed by atoms with Crippen molar-refractivity contribution < 1.29 is 19.2 Å². The zero-order valence-electron chi connectivity index (χ0n) is 22.9. The van der Waals surface area contributed by atoms with Gasteiger partial charge in [0, 0.05) is 99.4 Å². The second-order valence-corrected chi connectivity index (χ2v) is 11.6. The molecule has 8 nitrogen and oxygen atoms in total. The summed E-state index contributed by atoms with van der Waals surface area (Å²) in [7, 11) is 0. The highest BCUT2D eigenvalue weighted by molar-refractivity contribution is 6.21. The standard InChI is InChI=1S/C26H34Cl8N4O4/c27-1-9-35(10-2-28)23(39)19-17-21(25(41)37(13-5-31)14-6-32)22(26(42)38(15-7-33)16-8-34)18-20(19)24(40)36(11-3-29)12-4-30/h17-18H,1-16H2. The lowest BCUT2D eigenvalue weighted by Crippen LogP contribution is -2.41. The van der Waals surface area contributed by atoms with Crippen molar-refractivity contribution >= 4 is 116 Å². The normalized spacial score (nSPS) is 10.9. The number of nitrogens with zero attached hydrogens (tertiary/aromatic N) is 4. The lowest BCUT2D eigenvalue weighted by Gasteiger charge is -2.28. The largest absolute Gasteiger partial charge is 0.336 e. The predicted molar refractivity (Wildman–Crippen MR) is 176 cm³/mol. The summed E-state index contributed by atoms with van der Waals surface area (Å²) < 4.78 is 0. The molecule has 0 aromatic heterocycles. The molecule has 16 heteroatoms. The summed E-state index contributed by atoms with van der Waals surface area (Å²) in [6, 6.07) is 2.52. The Labute approximate surface area is 287 Å². The fourth-order valence-electron chi connectivity index (χ4n) is 4.06. The van der Waals surface area contributed by atoms with Crippen LogP contribution in [-0.2, 0) is 0 Å². The molecule has 0 fully saturated rings. The SMILES string of the molecule is O=C(c1cc(C(=O)N(CCCl)CCCl)c(C(=O)N(CCCl)CCCl)cc1C(=O)N(CCCl)CCCl)N(CCCl)CCCl. The Kier molecular flexibility index (Phi) is 20.7. The minimum Gasteiger partial charge on any atom is -0.336 e. The van der Waals surface area contributed by atoms with Crippen molar-refractivity contribution in [3.63, 3.8) is 0 Å². The van der Waals surface area contributed by atoms with Crippen LogP contribution in [0.3, 0.4) is 0 Å². The Balaban J connectivity index is 4.13. The van der Waals surface area contributed by atoms with E-state index >= 15 is 0 Å². The topological polar surface area (TPSA) is 81.2 Å². The van der Waals surface area contributed by atoms with Crippen molar-refractivity contribution in [3.8, 4) is 0 Å². The molecule has 1 aromatic rings. The number of rotatable bonds is 20. The van der Waals surface area contributed by atoms with E-state index in [0.29, 0.717) is 0 Å². The molecule has 1 aromatic carbocycles. The highest BCUT2D eigenvalue weighted by Crippen LogP contribution is 2.25. The molecular formula is C26H34Cl8N4O4. The van der Waals surface area contributed by atoms with Crippen LogP contribution in [0.4, 0.5) is 0 Å². The van der Waals surface area contributed by atoms with Gasteiger partial charge in [-0.3, -0.25) is 19.2 Å². The Morgan fingerprint density at radius 2 is 0.500 bits per heavy atom. The van der Waals surface area contributed by atoms with E-state index < -0.39 is 23.6 Å². The van der Waals surface area contributed by atoms with Crippen LogP contribution in [-0.4, -0.2) is 143 Å². The summed E-state index contributed by atoms with van der Waals surface area (Å²) in [5.41, 5.74) is -0.436. The lowest BCUT2D eigenvalue weighted by atomic mass is 9.94. The molecule has 0 unspecified atom stereocenters. The fraction of sp³-hybridized carbons (Fsp3) is 0.615. The second-order valence-electron chi connectivity index (χ2n) is 8.62. The highest BCUT2D eigenvalue weighted by Gasteiger charge is 2.32. The van der Waals surface area contributed by atoms with Crippen molar-refractivity contribution in [3.05, 3.63) is 34.4 Å². The molecule has 0 radical (unpaired) electrons. The summed E-state index contributed by atoms with van der Waals surface area (Å²) in [5.74, 6) is -1.57. The summed E-state index contributed by atoms with van der Waals surface area (Å²) >= 11 is 47.6. The van der Waals surface area contributed by atoms with Gasteiger partial charge in [-0.25, -0.2) is 0 Å². The van der Waals surface area contributed by atoms with Crippen LogP contribution in [0.1, 0.15) is 41.4 Å². The van der Waals surface area contributed by atoms with E-state index in [9.17, 15) is 19.2 Å². The van der Waals surface area contributed by atoms with Crippen molar-refractivity contribution in [2.75, 3.05) is 99.4 Å². The lowest BCUT2D eigenvalue weighted by molar-refractivity contribution is 0.0722. The van der Waals surface area contributed by atoms with Crippen LogP contribution >= 0.6 is 92.8 Å². The number of benzene rings is 1. The van der Waals surface area contributed by atoms with E-state index in [2.05, 4.69) is 0 Å². The molecule has 0 aliphatic heterocycles. The molecule has 0 spiro atoms. The van der Waals surface area contributed by atoms with Crippen molar-refractivity contribution in [2.24, 2.45) is 0 Å². The number of carbonyl (C=O) groups is 4. The molecule has 238 valence electrons. The second kappa shape index (κ2) is 22.0. The molecule has 0 saturated carbocycles. The number of carbonyl (C=O) groups excluding carboxylic acids is 4. The molecule has 0 atom stereocenters. The minimum absolute atomic E-state index is 0.101. The third-order valence-corrected chi connectivity index (χ3v) is 7.42. The van der Waals surface area contributed by atoms with Gasteiger partial charge in [-0.05, 0) is 12.1 Å². The van der Waals surface area contributed by atoms with Gasteiger partial charge in [-0.2, -0.15) is 0 Å². The van der Waals surface area contributed by atoms with E-state index in [-0.39, 0.29) is 122 Å². The van der Waals surface area contributed by atoms with E-state index in [4.69, 9.17) is 92.8 Å². The Morgan fingerprint density at radius 3 is 0.619 bits per heavy atom. The Hall–Kier alpha value is -0.580. The van der Waals surface area contributed by atoms with Gasteiger partial charge in [-0.1, -0.05) is 0 Å². The number of hydrogen-bond acceptors (Lipinski definition) is 4. The molecule has 0 bridgehead atoms. The molecule has 0 saturated heterocycles. The number of amides is 4. The van der Waals surface area contributed by atoms with Crippen LogP contribution in [0.2, 0.25) is 0 Å². The first-order valence-electron chi connectivity index (χ1n) is 13.0. The van der Waals surface area contributed by atoms with Crippen LogP contribution in [0.25, 0.3) is 0 Å². The van der Waals surface area contributed by atoms with Crippen molar-refractivity contribution in [1.29, 1.82) is 0 Å². The zero-order chi connectivity index (χ0) is 31.7. The quantitative estimate of drug-likeness (QED) is 0.168. The predicted octanol–water partition coefficient (Wildman–Crippen LogP) is 5.37. The van der Waals surface area contributed by atoms with Crippen LogP contribution in [0, 0.1) is 0 Å². The first-order valence-corrected chi connectivity index (χ1v) is 17.3. The average molecular weight is 750 g/mol. The molecule has 0 heterocycles. The monoisotopic (exact) mass is 746 g/mol. The smallest absolute Gasteiger partial charge is 0.254 e. The molecule has 42 heavy (non-hydrogen) atoms. The highest BCUT2D eigenvalue weighted by atomic mass is 35.5. The number of alkyl halides is 8. The van der Waals surface area contributed by atoms with Gasteiger partial charge >= 0.3 is 0 Å². The van der Waals surface area contributed by atoms with Gasteiger partial charge in [0.05, 0.1) is 22.3 Å². The Bertz CT molecular complexity index is 858. The van der Waals surface area contributed by atoms with Crippen LogP contribution < -0.4 is 0 Å². The van der Waals surface area contributed by atoms with Gasteiger partial charge < -0.3 is 19.6 Å². The van der Waals surface area contributed by atoms with Gasteiger partial charge in [0.1, 0.15) is 0 Å². The van der Waals surface area contributed by atoms with Gasteiger partial charge in [0.25, 0.3) is 23.6 Å².